The molecule has 0 unspecified atom stereocenters. The van der Waals surface area contributed by atoms with E-state index in [2.05, 4.69) is 20.7 Å². The van der Waals surface area contributed by atoms with Crippen molar-refractivity contribution in [3.8, 4) is 0 Å². The third-order valence-electron chi connectivity index (χ3n) is 3.06. The summed E-state index contributed by atoms with van der Waals surface area (Å²) in [6, 6.07) is 0. The normalized spacial score (nSPS) is 18.8. The Balaban J connectivity index is 2.22. The van der Waals surface area contributed by atoms with Crippen LogP contribution in [-0.2, 0) is 10.0 Å². The van der Waals surface area contributed by atoms with Crippen molar-refractivity contribution in [2.24, 2.45) is 5.92 Å². The number of unbranched alkanes of at least 4 members (excludes halogenated alkanes) is 1. The molecule has 1 aliphatic carbocycles. The Bertz CT molecular complexity index is 274. The minimum Gasteiger partial charge on any atom is -0.215 e. The molecule has 5 heteroatoms. The van der Waals surface area contributed by atoms with E-state index in [4.69, 9.17) is 0 Å². The van der Waals surface area contributed by atoms with Crippen molar-refractivity contribution in [2.45, 2.75) is 44.9 Å². The fourth-order valence-corrected chi connectivity index (χ4v) is 4.09. The molecule has 0 amide bonds. The SMILES string of the molecule is O=S(=O)(CC1CCCCC1)NCCCCBr. The standard InChI is InChI=1S/C11H22BrNO2S/c12-8-4-5-9-13-16(14,15)10-11-6-2-1-3-7-11/h11,13H,1-10H2. The highest BCUT2D eigenvalue weighted by molar-refractivity contribution is 9.09. The van der Waals surface area contributed by atoms with Crippen LogP contribution in [0, 0.1) is 5.92 Å². The van der Waals surface area contributed by atoms with Gasteiger partial charge in [-0.25, -0.2) is 13.1 Å². The molecule has 0 radical (unpaired) electrons. The Kier molecular flexibility index (Phi) is 6.92. The van der Waals surface area contributed by atoms with Crippen LogP contribution in [0.1, 0.15) is 44.9 Å². The number of hydrogen-bond acceptors (Lipinski definition) is 2. The molecule has 0 saturated heterocycles. The van der Waals surface area contributed by atoms with Gasteiger partial charge in [-0.2, -0.15) is 0 Å². The van der Waals surface area contributed by atoms with Crippen molar-refractivity contribution < 1.29 is 8.42 Å². The van der Waals surface area contributed by atoms with Crippen LogP contribution in [0.2, 0.25) is 0 Å². The Morgan fingerprint density at radius 1 is 1.12 bits per heavy atom. The fourth-order valence-electron chi connectivity index (χ4n) is 2.17. The number of rotatable bonds is 7. The van der Waals surface area contributed by atoms with Gasteiger partial charge in [0.1, 0.15) is 0 Å². The first kappa shape index (κ1) is 14.5. The molecular formula is C11H22BrNO2S. The topological polar surface area (TPSA) is 46.2 Å². The van der Waals surface area contributed by atoms with Crippen LogP contribution in [0.5, 0.6) is 0 Å². The van der Waals surface area contributed by atoms with Crippen molar-refractivity contribution in [3.63, 3.8) is 0 Å². The van der Waals surface area contributed by atoms with Gasteiger partial charge in [-0.3, -0.25) is 0 Å². The molecular weight excluding hydrogens is 290 g/mol. The first-order chi connectivity index (χ1) is 7.64. The predicted octanol–water partition coefficient (Wildman–Crippen LogP) is 2.66. The van der Waals surface area contributed by atoms with Gasteiger partial charge in [0.05, 0.1) is 5.75 Å². The van der Waals surface area contributed by atoms with E-state index in [0.717, 1.165) is 31.0 Å². The molecule has 16 heavy (non-hydrogen) atoms. The maximum atomic E-state index is 11.7. The molecule has 0 spiro atoms. The molecule has 0 bridgehead atoms. The van der Waals surface area contributed by atoms with Crippen LogP contribution >= 0.6 is 15.9 Å². The number of nitrogens with one attached hydrogen (secondary N) is 1. The van der Waals surface area contributed by atoms with Crippen LogP contribution in [0.4, 0.5) is 0 Å². The molecule has 1 saturated carbocycles. The highest BCUT2D eigenvalue weighted by Gasteiger charge is 2.20. The molecule has 1 fully saturated rings. The van der Waals surface area contributed by atoms with Crippen LogP contribution in [0.3, 0.4) is 0 Å². The first-order valence-corrected chi connectivity index (χ1v) is 8.95. The highest BCUT2D eigenvalue weighted by atomic mass is 79.9. The second-order valence-electron chi connectivity index (χ2n) is 4.58. The molecule has 1 rings (SSSR count). The van der Waals surface area contributed by atoms with E-state index in [-0.39, 0.29) is 0 Å². The summed E-state index contributed by atoms with van der Waals surface area (Å²) in [4.78, 5) is 0. The average molecular weight is 312 g/mol. The molecule has 1 N–H and O–H groups in total. The largest absolute Gasteiger partial charge is 0.215 e. The molecule has 1 aliphatic rings. The summed E-state index contributed by atoms with van der Waals surface area (Å²) in [7, 11) is -3.03. The van der Waals surface area contributed by atoms with Crippen molar-refractivity contribution >= 4 is 26.0 Å². The Hall–Kier alpha value is 0.390. The molecule has 3 nitrogen and oxygen atoms in total. The first-order valence-electron chi connectivity index (χ1n) is 6.17. The molecule has 0 aliphatic heterocycles. The van der Waals surface area contributed by atoms with Crippen molar-refractivity contribution in [1.29, 1.82) is 0 Å². The van der Waals surface area contributed by atoms with Crippen molar-refractivity contribution in [2.75, 3.05) is 17.6 Å². The van der Waals surface area contributed by atoms with E-state index in [0.29, 0.717) is 18.2 Å². The second-order valence-corrected chi connectivity index (χ2v) is 7.22. The van der Waals surface area contributed by atoms with E-state index in [1.165, 1.54) is 19.3 Å². The summed E-state index contributed by atoms with van der Waals surface area (Å²) in [6.07, 6.45) is 7.77. The van der Waals surface area contributed by atoms with E-state index in [1.807, 2.05) is 0 Å². The van der Waals surface area contributed by atoms with E-state index < -0.39 is 10.0 Å². The number of hydrogen-bond donors (Lipinski definition) is 1. The minimum atomic E-state index is -3.03. The third-order valence-corrected chi connectivity index (χ3v) is 5.18. The zero-order valence-corrected chi connectivity index (χ0v) is 12.2. The molecule has 0 aromatic carbocycles. The lowest BCUT2D eigenvalue weighted by Gasteiger charge is -2.21. The van der Waals surface area contributed by atoms with Gasteiger partial charge in [-0.1, -0.05) is 35.2 Å². The van der Waals surface area contributed by atoms with E-state index in [1.54, 1.807) is 0 Å². The maximum Gasteiger partial charge on any atom is 0.211 e. The fraction of sp³-hybridized carbons (Fsp3) is 1.00. The molecule has 0 atom stereocenters. The van der Waals surface area contributed by atoms with Gasteiger partial charge >= 0.3 is 0 Å². The van der Waals surface area contributed by atoms with Crippen LogP contribution < -0.4 is 4.72 Å². The maximum absolute atomic E-state index is 11.7. The van der Waals surface area contributed by atoms with Gasteiger partial charge < -0.3 is 0 Å². The third kappa shape index (κ3) is 6.21. The summed E-state index contributed by atoms with van der Waals surface area (Å²) >= 11 is 3.33. The van der Waals surface area contributed by atoms with Gasteiger partial charge in [0.2, 0.25) is 10.0 Å². The lowest BCUT2D eigenvalue weighted by molar-refractivity contribution is 0.384. The minimum absolute atomic E-state index is 0.335. The summed E-state index contributed by atoms with van der Waals surface area (Å²) in [6.45, 7) is 0.584. The molecule has 96 valence electrons. The van der Waals surface area contributed by atoms with E-state index >= 15 is 0 Å². The Morgan fingerprint density at radius 3 is 2.44 bits per heavy atom. The molecule has 0 heterocycles. The van der Waals surface area contributed by atoms with E-state index in [9.17, 15) is 8.42 Å². The zero-order valence-electron chi connectivity index (χ0n) is 9.75. The van der Waals surface area contributed by atoms with Crippen molar-refractivity contribution in [1.82, 2.24) is 4.72 Å². The average Bonchev–Trinajstić information content (AvgIpc) is 2.25. The van der Waals surface area contributed by atoms with Gasteiger partial charge in [0, 0.05) is 11.9 Å². The predicted molar refractivity (Wildman–Crippen MR) is 71.4 cm³/mol. The Morgan fingerprint density at radius 2 is 1.81 bits per heavy atom. The quantitative estimate of drug-likeness (QED) is 0.580. The van der Waals surface area contributed by atoms with Gasteiger partial charge in [-0.05, 0) is 31.6 Å². The van der Waals surface area contributed by atoms with Gasteiger partial charge in [-0.15, -0.1) is 0 Å². The number of alkyl halides is 1. The van der Waals surface area contributed by atoms with Gasteiger partial charge in [0.25, 0.3) is 0 Å². The zero-order chi connectivity index (χ0) is 11.9. The lowest BCUT2D eigenvalue weighted by atomic mass is 9.91. The second kappa shape index (κ2) is 7.67. The van der Waals surface area contributed by atoms with Crippen LogP contribution in [0.15, 0.2) is 0 Å². The lowest BCUT2D eigenvalue weighted by Crippen LogP contribution is -2.31. The van der Waals surface area contributed by atoms with Crippen LogP contribution in [-0.4, -0.2) is 26.0 Å². The summed E-state index contributed by atoms with van der Waals surface area (Å²) in [5, 5.41) is 0.942. The van der Waals surface area contributed by atoms with Crippen molar-refractivity contribution in [3.05, 3.63) is 0 Å². The van der Waals surface area contributed by atoms with Crippen LogP contribution in [0.25, 0.3) is 0 Å². The Labute approximate surface area is 108 Å². The smallest absolute Gasteiger partial charge is 0.211 e. The summed E-state index contributed by atoms with van der Waals surface area (Å²) < 4.78 is 26.2. The summed E-state index contributed by atoms with van der Waals surface area (Å²) in [5.41, 5.74) is 0. The highest BCUT2D eigenvalue weighted by Crippen LogP contribution is 2.24. The number of halogens is 1. The molecule has 0 aromatic heterocycles. The monoisotopic (exact) mass is 311 g/mol. The molecule has 0 aromatic rings. The number of sulfonamides is 1. The van der Waals surface area contributed by atoms with Gasteiger partial charge in [0.15, 0.2) is 0 Å². The summed E-state index contributed by atoms with van der Waals surface area (Å²) in [5.74, 6) is 0.726.